The van der Waals surface area contributed by atoms with E-state index in [1.54, 1.807) is 24.3 Å². The van der Waals surface area contributed by atoms with Crippen LogP contribution in [0.5, 0.6) is 11.5 Å². The molecule has 6 heteroatoms. The van der Waals surface area contributed by atoms with Crippen molar-refractivity contribution in [2.45, 2.75) is 40.0 Å². The highest BCUT2D eigenvalue weighted by molar-refractivity contribution is 6.12. The Hall–Kier alpha value is -3.41. The van der Waals surface area contributed by atoms with Crippen LogP contribution in [-0.4, -0.2) is 24.4 Å². The molecule has 0 spiro atoms. The van der Waals surface area contributed by atoms with Crippen LogP contribution in [0.4, 0.5) is 0 Å². The molecule has 0 aliphatic carbocycles. The van der Waals surface area contributed by atoms with Crippen molar-refractivity contribution in [2.24, 2.45) is 4.99 Å². The summed E-state index contributed by atoms with van der Waals surface area (Å²) in [4.78, 5) is 27.9. The monoisotopic (exact) mass is 407 g/mol. The summed E-state index contributed by atoms with van der Waals surface area (Å²) in [5.74, 6) is 0.0485. The molecular formula is C24H25NO5. The molecule has 0 N–H and O–H groups in total. The molecule has 0 saturated carbocycles. The second-order valence-corrected chi connectivity index (χ2v) is 7.90. The first kappa shape index (κ1) is 21.3. The zero-order valence-corrected chi connectivity index (χ0v) is 17.8. The van der Waals surface area contributed by atoms with E-state index in [9.17, 15) is 9.59 Å². The maximum absolute atomic E-state index is 12.3. The van der Waals surface area contributed by atoms with Crippen molar-refractivity contribution in [2.75, 3.05) is 6.61 Å². The molecule has 0 atom stereocenters. The van der Waals surface area contributed by atoms with Crippen molar-refractivity contribution < 1.29 is 23.8 Å². The van der Waals surface area contributed by atoms with Crippen LogP contribution < -0.4 is 9.47 Å². The Morgan fingerprint density at radius 3 is 2.40 bits per heavy atom. The van der Waals surface area contributed by atoms with E-state index in [1.165, 1.54) is 12.5 Å². The molecule has 0 fully saturated rings. The van der Waals surface area contributed by atoms with Crippen molar-refractivity contribution in [3.8, 4) is 11.5 Å². The Kier molecular flexibility index (Phi) is 6.06. The minimum absolute atomic E-state index is 0.0360. The lowest BCUT2D eigenvalue weighted by Crippen LogP contribution is -2.11. The summed E-state index contributed by atoms with van der Waals surface area (Å²) < 4.78 is 16.0. The van der Waals surface area contributed by atoms with Gasteiger partial charge in [0.2, 0.25) is 5.90 Å². The summed E-state index contributed by atoms with van der Waals surface area (Å²) >= 11 is 0. The molecule has 0 unspecified atom stereocenters. The van der Waals surface area contributed by atoms with Gasteiger partial charge in [0, 0.05) is 12.5 Å². The van der Waals surface area contributed by atoms with Crippen molar-refractivity contribution in [3.63, 3.8) is 0 Å². The third-order valence-electron chi connectivity index (χ3n) is 4.44. The van der Waals surface area contributed by atoms with Crippen LogP contribution >= 0.6 is 0 Å². The molecule has 0 radical (unpaired) electrons. The standard InChI is InChI=1S/C24H25NO5/c1-6-28-21-14-16(7-12-20(21)29-15(2)26)13-19-23(27)30-22(25-19)17-8-10-18(11-9-17)24(3,4)5/h7-14H,6H2,1-5H3. The third kappa shape index (κ3) is 4.95. The summed E-state index contributed by atoms with van der Waals surface area (Å²) in [7, 11) is 0. The first-order chi connectivity index (χ1) is 14.2. The Balaban J connectivity index is 1.88. The molecule has 0 amide bonds. The molecule has 6 nitrogen and oxygen atoms in total. The van der Waals surface area contributed by atoms with Crippen molar-refractivity contribution in [1.29, 1.82) is 0 Å². The number of carbonyl (C=O) groups is 2. The summed E-state index contributed by atoms with van der Waals surface area (Å²) in [5.41, 5.74) is 2.82. The van der Waals surface area contributed by atoms with Gasteiger partial charge in [0.05, 0.1) is 6.61 Å². The van der Waals surface area contributed by atoms with Gasteiger partial charge < -0.3 is 14.2 Å². The van der Waals surface area contributed by atoms with Crippen LogP contribution in [0.2, 0.25) is 0 Å². The smallest absolute Gasteiger partial charge is 0.363 e. The van der Waals surface area contributed by atoms with Gasteiger partial charge in [0.15, 0.2) is 17.2 Å². The van der Waals surface area contributed by atoms with Gasteiger partial charge in [0.25, 0.3) is 0 Å². The fourth-order valence-electron chi connectivity index (χ4n) is 2.93. The molecular weight excluding hydrogens is 382 g/mol. The Labute approximate surface area is 176 Å². The molecule has 0 bridgehead atoms. The molecule has 0 aromatic heterocycles. The highest BCUT2D eigenvalue weighted by atomic mass is 16.6. The lowest BCUT2D eigenvalue weighted by atomic mass is 9.87. The Morgan fingerprint density at radius 2 is 1.80 bits per heavy atom. The van der Waals surface area contributed by atoms with Crippen LogP contribution in [0.25, 0.3) is 6.08 Å². The lowest BCUT2D eigenvalue weighted by molar-refractivity contribution is -0.132. The van der Waals surface area contributed by atoms with Crippen LogP contribution in [0.1, 0.15) is 51.3 Å². The molecule has 2 aromatic carbocycles. The number of nitrogens with zero attached hydrogens (tertiary/aromatic N) is 1. The summed E-state index contributed by atoms with van der Waals surface area (Å²) in [5, 5.41) is 0. The molecule has 2 aromatic rings. The number of rotatable bonds is 5. The number of carbonyl (C=O) groups excluding carboxylic acids is 2. The van der Waals surface area contributed by atoms with E-state index >= 15 is 0 Å². The van der Waals surface area contributed by atoms with Crippen LogP contribution in [-0.2, 0) is 19.7 Å². The second kappa shape index (κ2) is 8.53. The van der Waals surface area contributed by atoms with E-state index in [0.29, 0.717) is 23.7 Å². The van der Waals surface area contributed by atoms with Crippen molar-refractivity contribution in [3.05, 3.63) is 64.9 Å². The number of hydrogen-bond donors (Lipinski definition) is 0. The van der Waals surface area contributed by atoms with Gasteiger partial charge in [-0.1, -0.05) is 39.0 Å². The van der Waals surface area contributed by atoms with Gasteiger partial charge in [-0.25, -0.2) is 9.79 Å². The topological polar surface area (TPSA) is 74.2 Å². The predicted molar refractivity (Wildman–Crippen MR) is 115 cm³/mol. The molecule has 3 rings (SSSR count). The van der Waals surface area contributed by atoms with Gasteiger partial charge in [0.1, 0.15) is 0 Å². The normalized spacial score (nSPS) is 15.0. The van der Waals surface area contributed by atoms with E-state index in [1.807, 2.05) is 31.2 Å². The highest BCUT2D eigenvalue weighted by Crippen LogP contribution is 2.30. The van der Waals surface area contributed by atoms with Gasteiger partial charge in [-0.2, -0.15) is 0 Å². The number of benzene rings is 2. The first-order valence-corrected chi connectivity index (χ1v) is 9.76. The Morgan fingerprint density at radius 1 is 1.10 bits per heavy atom. The minimum atomic E-state index is -0.521. The maximum atomic E-state index is 12.3. The lowest BCUT2D eigenvalue weighted by Gasteiger charge is -2.18. The van der Waals surface area contributed by atoms with Crippen molar-refractivity contribution in [1.82, 2.24) is 0 Å². The SMILES string of the molecule is CCOc1cc(C=C2N=C(c3ccc(C(C)(C)C)cc3)OC2=O)ccc1OC(C)=O. The molecule has 30 heavy (non-hydrogen) atoms. The average molecular weight is 407 g/mol. The second-order valence-electron chi connectivity index (χ2n) is 7.90. The van der Waals surface area contributed by atoms with Gasteiger partial charge in [-0.15, -0.1) is 0 Å². The number of aliphatic imine (C=N–C) groups is 1. The van der Waals surface area contributed by atoms with Gasteiger partial charge >= 0.3 is 11.9 Å². The molecule has 1 aliphatic heterocycles. The van der Waals surface area contributed by atoms with Crippen LogP contribution in [0, 0.1) is 0 Å². The Bertz CT molecular complexity index is 1030. The van der Waals surface area contributed by atoms with E-state index in [4.69, 9.17) is 14.2 Å². The van der Waals surface area contributed by atoms with Gasteiger partial charge in [-0.05, 0) is 53.8 Å². The van der Waals surface area contributed by atoms with E-state index in [0.717, 1.165) is 5.56 Å². The van der Waals surface area contributed by atoms with Crippen LogP contribution in [0.3, 0.4) is 0 Å². The number of ether oxygens (including phenoxy) is 3. The van der Waals surface area contributed by atoms with E-state index < -0.39 is 11.9 Å². The summed E-state index contributed by atoms with van der Waals surface area (Å²) in [6.07, 6.45) is 1.61. The largest absolute Gasteiger partial charge is 0.490 e. The quantitative estimate of drug-likeness (QED) is 0.410. The molecule has 1 aliphatic rings. The molecule has 0 saturated heterocycles. The van der Waals surface area contributed by atoms with Gasteiger partial charge in [-0.3, -0.25) is 4.79 Å². The fraction of sp³-hybridized carbons (Fsp3) is 0.292. The number of esters is 2. The third-order valence-corrected chi connectivity index (χ3v) is 4.44. The predicted octanol–water partition coefficient (Wildman–Crippen LogP) is 4.65. The van der Waals surface area contributed by atoms with Crippen LogP contribution in [0.15, 0.2) is 53.2 Å². The first-order valence-electron chi connectivity index (χ1n) is 9.76. The molecule has 1 heterocycles. The van der Waals surface area contributed by atoms with E-state index in [2.05, 4.69) is 25.8 Å². The molecule has 156 valence electrons. The minimum Gasteiger partial charge on any atom is -0.490 e. The number of hydrogen-bond acceptors (Lipinski definition) is 6. The average Bonchev–Trinajstić information content (AvgIpc) is 3.03. The highest BCUT2D eigenvalue weighted by Gasteiger charge is 2.25. The zero-order chi connectivity index (χ0) is 21.9. The summed E-state index contributed by atoms with van der Waals surface area (Å²) in [6, 6.07) is 12.8. The zero-order valence-electron chi connectivity index (χ0n) is 17.8. The number of cyclic esters (lactones) is 1. The van der Waals surface area contributed by atoms with Crippen molar-refractivity contribution >= 4 is 23.9 Å². The maximum Gasteiger partial charge on any atom is 0.363 e. The fourth-order valence-corrected chi connectivity index (χ4v) is 2.93. The summed E-state index contributed by atoms with van der Waals surface area (Å²) in [6.45, 7) is 9.98. The van der Waals surface area contributed by atoms with E-state index in [-0.39, 0.29) is 17.0 Å².